The first kappa shape index (κ1) is 11.7. The second-order valence-corrected chi connectivity index (χ2v) is 4.27. The van der Waals surface area contributed by atoms with Crippen LogP contribution >= 0.6 is 0 Å². The fourth-order valence-electron chi connectivity index (χ4n) is 2.18. The van der Waals surface area contributed by atoms with Gasteiger partial charge >= 0.3 is 0 Å². The van der Waals surface area contributed by atoms with Gasteiger partial charge in [-0.3, -0.25) is 0 Å². The van der Waals surface area contributed by atoms with Crippen molar-refractivity contribution in [2.75, 3.05) is 13.1 Å². The summed E-state index contributed by atoms with van der Waals surface area (Å²) in [6.07, 6.45) is 6.04. The molecule has 0 unspecified atom stereocenters. The summed E-state index contributed by atoms with van der Waals surface area (Å²) in [5.41, 5.74) is 2.57. The maximum atomic E-state index is 3.81. The Bertz CT molecular complexity index is 500. The second kappa shape index (κ2) is 5.51. The molecule has 2 N–H and O–H groups in total. The summed E-state index contributed by atoms with van der Waals surface area (Å²) in [6, 6.07) is 8.42. The van der Waals surface area contributed by atoms with Gasteiger partial charge in [0.25, 0.3) is 0 Å². The van der Waals surface area contributed by atoms with Crippen molar-refractivity contribution in [2.24, 2.45) is 0 Å². The van der Waals surface area contributed by atoms with E-state index < -0.39 is 0 Å². The molecule has 0 aliphatic rings. The highest BCUT2D eigenvalue weighted by molar-refractivity contribution is 5.82. The molecule has 1 aromatic carbocycles. The third-order valence-electron chi connectivity index (χ3n) is 2.98. The zero-order valence-electron chi connectivity index (χ0n) is 10.1. The van der Waals surface area contributed by atoms with Crippen LogP contribution in [-0.4, -0.2) is 18.1 Å². The number of fused-ring (bicyclic) bond motifs is 1. The first-order valence-corrected chi connectivity index (χ1v) is 5.95. The normalized spacial score (nSPS) is 10.9. The smallest absolute Gasteiger partial charge is 0.105 e. The number of quaternary nitrogens is 1. The van der Waals surface area contributed by atoms with Crippen molar-refractivity contribution in [1.29, 1.82) is 0 Å². The highest BCUT2D eigenvalue weighted by atomic mass is 15.1. The van der Waals surface area contributed by atoms with E-state index in [2.05, 4.69) is 48.6 Å². The lowest BCUT2D eigenvalue weighted by atomic mass is 10.1. The molecule has 0 spiro atoms. The molecule has 2 aromatic rings. The van der Waals surface area contributed by atoms with E-state index in [1.54, 1.807) is 0 Å². The molecular weight excluding hydrogens is 208 g/mol. The number of nitrogens with one attached hydrogen (secondary N) is 2. The Morgan fingerprint density at radius 2 is 1.82 bits per heavy atom. The monoisotopic (exact) mass is 227 g/mol. The molecule has 17 heavy (non-hydrogen) atoms. The topological polar surface area (TPSA) is 20.2 Å². The molecule has 88 valence electrons. The lowest BCUT2D eigenvalue weighted by Crippen LogP contribution is -3.10. The number of aromatic nitrogens is 1. The van der Waals surface area contributed by atoms with Gasteiger partial charge < -0.3 is 9.88 Å². The number of hydrogen-bond acceptors (Lipinski definition) is 0. The van der Waals surface area contributed by atoms with Crippen LogP contribution in [0.15, 0.2) is 55.8 Å². The fraction of sp³-hybridized carbons (Fsp3) is 0.200. The molecule has 1 aromatic heterocycles. The summed E-state index contributed by atoms with van der Waals surface area (Å²) >= 11 is 0. The van der Waals surface area contributed by atoms with Crippen molar-refractivity contribution in [3.63, 3.8) is 0 Å². The van der Waals surface area contributed by atoms with Gasteiger partial charge in [-0.25, -0.2) is 0 Å². The van der Waals surface area contributed by atoms with Crippen molar-refractivity contribution in [2.45, 2.75) is 6.54 Å². The molecule has 2 rings (SSSR count). The van der Waals surface area contributed by atoms with Gasteiger partial charge in [0.2, 0.25) is 0 Å². The molecule has 0 saturated carbocycles. The molecule has 0 fully saturated rings. The van der Waals surface area contributed by atoms with Gasteiger partial charge in [0.15, 0.2) is 0 Å². The third kappa shape index (κ3) is 2.66. The Kier molecular flexibility index (Phi) is 3.78. The molecular formula is C15H19N2+. The van der Waals surface area contributed by atoms with Gasteiger partial charge in [-0.1, -0.05) is 31.4 Å². The molecule has 1 heterocycles. The summed E-state index contributed by atoms with van der Waals surface area (Å²) < 4.78 is 0. The fourth-order valence-corrected chi connectivity index (χ4v) is 2.18. The summed E-state index contributed by atoms with van der Waals surface area (Å²) in [5.74, 6) is 0. The number of benzene rings is 1. The van der Waals surface area contributed by atoms with Crippen LogP contribution < -0.4 is 4.90 Å². The minimum Gasteiger partial charge on any atom is -0.361 e. The first-order valence-electron chi connectivity index (χ1n) is 5.95. The Hall–Kier alpha value is -1.80. The van der Waals surface area contributed by atoms with Crippen LogP contribution in [0.1, 0.15) is 5.56 Å². The quantitative estimate of drug-likeness (QED) is 0.703. The zero-order valence-corrected chi connectivity index (χ0v) is 10.1. The minimum absolute atomic E-state index is 0.964. The number of para-hydroxylation sites is 1. The zero-order chi connectivity index (χ0) is 12.1. The Morgan fingerprint density at radius 3 is 2.53 bits per heavy atom. The number of rotatable bonds is 6. The first-order chi connectivity index (χ1) is 8.35. The van der Waals surface area contributed by atoms with E-state index in [4.69, 9.17) is 0 Å². The maximum absolute atomic E-state index is 3.81. The van der Waals surface area contributed by atoms with E-state index in [1.165, 1.54) is 21.4 Å². The van der Waals surface area contributed by atoms with Crippen LogP contribution in [0.2, 0.25) is 0 Å². The molecule has 0 aliphatic heterocycles. The Balaban J connectivity index is 2.21. The number of aromatic amines is 1. The predicted molar refractivity (Wildman–Crippen MR) is 73.1 cm³/mol. The predicted octanol–water partition coefficient (Wildman–Crippen LogP) is 1.92. The lowest BCUT2D eigenvalue weighted by Gasteiger charge is -2.15. The van der Waals surface area contributed by atoms with Crippen LogP contribution in [0.3, 0.4) is 0 Å². The average Bonchev–Trinajstić information content (AvgIpc) is 2.74. The lowest BCUT2D eigenvalue weighted by molar-refractivity contribution is -0.902. The van der Waals surface area contributed by atoms with Crippen molar-refractivity contribution in [3.8, 4) is 0 Å². The van der Waals surface area contributed by atoms with E-state index in [0.717, 1.165) is 19.6 Å². The van der Waals surface area contributed by atoms with E-state index in [-0.39, 0.29) is 0 Å². The SMILES string of the molecule is C=CC[NH+](CC=C)Cc1c[nH]c2ccccc12. The molecule has 0 amide bonds. The van der Waals surface area contributed by atoms with E-state index in [1.807, 2.05) is 12.2 Å². The van der Waals surface area contributed by atoms with E-state index >= 15 is 0 Å². The van der Waals surface area contributed by atoms with Crippen LogP contribution in [0.25, 0.3) is 10.9 Å². The summed E-state index contributed by atoms with van der Waals surface area (Å²) in [4.78, 5) is 4.77. The van der Waals surface area contributed by atoms with Gasteiger partial charge in [-0.2, -0.15) is 0 Å². The van der Waals surface area contributed by atoms with Crippen LogP contribution in [-0.2, 0) is 6.54 Å². The largest absolute Gasteiger partial charge is 0.361 e. The van der Waals surface area contributed by atoms with Crippen molar-refractivity contribution in [1.82, 2.24) is 4.98 Å². The highest BCUT2D eigenvalue weighted by Crippen LogP contribution is 2.16. The molecule has 0 radical (unpaired) electrons. The van der Waals surface area contributed by atoms with E-state index in [9.17, 15) is 0 Å². The summed E-state index contributed by atoms with van der Waals surface area (Å²) in [6.45, 7) is 10.6. The average molecular weight is 227 g/mol. The molecule has 2 heteroatoms. The molecule has 2 nitrogen and oxygen atoms in total. The minimum atomic E-state index is 0.964. The number of hydrogen-bond donors (Lipinski definition) is 2. The van der Waals surface area contributed by atoms with Gasteiger partial charge in [-0.15, -0.1) is 0 Å². The second-order valence-electron chi connectivity index (χ2n) is 4.27. The summed E-state index contributed by atoms with van der Waals surface area (Å²) in [7, 11) is 0. The molecule has 0 saturated heterocycles. The van der Waals surface area contributed by atoms with Crippen molar-refractivity contribution >= 4 is 10.9 Å². The molecule has 0 aliphatic carbocycles. The highest BCUT2D eigenvalue weighted by Gasteiger charge is 2.09. The van der Waals surface area contributed by atoms with Gasteiger partial charge in [0.05, 0.1) is 13.1 Å². The number of H-pyrrole nitrogens is 1. The third-order valence-corrected chi connectivity index (χ3v) is 2.98. The molecule has 0 bridgehead atoms. The van der Waals surface area contributed by atoms with Crippen LogP contribution in [0, 0.1) is 0 Å². The van der Waals surface area contributed by atoms with E-state index in [0.29, 0.717) is 0 Å². The Labute approximate surface area is 102 Å². The van der Waals surface area contributed by atoms with Gasteiger partial charge in [0.1, 0.15) is 6.54 Å². The van der Waals surface area contributed by atoms with Crippen molar-refractivity contribution < 1.29 is 4.90 Å². The van der Waals surface area contributed by atoms with Gasteiger partial charge in [-0.05, 0) is 18.2 Å². The Morgan fingerprint density at radius 1 is 1.12 bits per heavy atom. The van der Waals surface area contributed by atoms with Crippen LogP contribution in [0.5, 0.6) is 0 Å². The maximum Gasteiger partial charge on any atom is 0.105 e. The van der Waals surface area contributed by atoms with Gasteiger partial charge in [0, 0.05) is 22.7 Å². The summed E-state index contributed by atoms with van der Waals surface area (Å²) in [5, 5.41) is 1.32. The standard InChI is InChI=1S/C15H18N2/c1-3-9-17(10-4-2)12-13-11-16-15-8-6-5-7-14(13)15/h3-8,11,16H,1-2,9-10,12H2/p+1. The molecule has 0 atom stereocenters. The van der Waals surface area contributed by atoms with Crippen molar-refractivity contribution in [3.05, 3.63) is 61.3 Å². The van der Waals surface area contributed by atoms with Crippen LogP contribution in [0.4, 0.5) is 0 Å².